The van der Waals surface area contributed by atoms with Gasteiger partial charge in [0.2, 0.25) is 0 Å². The van der Waals surface area contributed by atoms with Crippen LogP contribution < -0.4 is 4.31 Å². The molecule has 0 N–H and O–H groups in total. The zero-order valence-electron chi connectivity index (χ0n) is 27.4. The summed E-state index contributed by atoms with van der Waals surface area (Å²) in [6.07, 6.45) is 5.46. The lowest BCUT2D eigenvalue weighted by Crippen LogP contribution is -2.49. The average Bonchev–Trinajstić information content (AvgIpc) is 3.41. The number of carbonyl (C=O) groups is 1. The first kappa shape index (κ1) is 31.1. The van der Waals surface area contributed by atoms with Crippen molar-refractivity contribution in [1.29, 1.82) is 0 Å². The number of aliphatic imine (C=N–C) groups is 1. The quantitative estimate of drug-likeness (QED) is 0.257. The van der Waals surface area contributed by atoms with Crippen LogP contribution in [0.4, 0.5) is 5.69 Å². The normalized spacial score (nSPS) is 19.6. The molecule has 3 heterocycles. The minimum Gasteiger partial charge on any atom is -0.348 e. The molecular formula is C37H46N4OS2. The van der Waals surface area contributed by atoms with Gasteiger partial charge in [0.05, 0.1) is 18.3 Å². The molecule has 0 saturated carbocycles. The van der Waals surface area contributed by atoms with Gasteiger partial charge in [-0.1, -0.05) is 86.8 Å². The molecule has 3 aromatic carbocycles. The van der Waals surface area contributed by atoms with Crippen molar-refractivity contribution in [1.82, 2.24) is 9.80 Å². The molecule has 5 nitrogen and oxygen atoms in total. The number of anilines is 1. The summed E-state index contributed by atoms with van der Waals surface area (Å²) in [5.74, 6) is 0.137. The monoisotopic (exact) mass is 626 g/mol. The van der Waals surface area contributed by atoms with Crippen molar-refractivity contribution in [3.05, 3.63) is 75.8 Å². The maximum atomic E-state index is 14.0. The van der Waals surface area contributed by atoms with E-state index in [9.17, 15) is 4.79 Å². The lowest BCUT2D eigenvalue weighted by Gasteiger charge is -2.37. The Labute approximate surface area is 272 Å². The summed E-state index contributed by atoms with van der Waals surface area (Å²) in [6, 6.07) is 15.8. The molecule has 0 radical (unpaired) electrons. The SMILES string of the molecule is CCCC1N=C(N2CCN(C(=O)c3ccc4c(c3)-c3c(C)c(-c5ccc(C)cc5)c(CC)c(C)c3N(SC)C4)CC2)SC1C. The maximum Gasteiger partial charge on any atom is 0.253 e. The van der Waals surface area contributed by atoms with Gasteiger partial charge < -0.3 is 14.1 Å². The Hall–Kier alpha value is -2.90. The number of aryl methyl sites for hydroxylation is 1. The van der Waals surface area contributed by atoms with Gasteiger partial charge in [0, 0.05) is 48.8 Å². The molecule has 1 amide bonds. The van der Waals surface area contributed by atoms with Gasteiger partial charge in [-0.15, -0.1) is 0 Å². The van der Waals surface area contributed by atoms with E-state index >= 15 is 0 Å². The van der Waals surface area contributed by atoms with Crippen molar-refractivity contribution in [3.63, 3.8) is 0 Å². The summed E-state index contributed by atoms with van der Waals surface area (Å²) in [6.45, 7) is 17.5. The number of carbonyl (C=O) groups excluding carboxylic acids is 1. The summed E-state index contributed by atoms with van der Waals surface area (Å²) < 4.78 is 2.44. The standard InChI is InChI=1S/C37H46N4OS2/c1-8-10-32-26(6)44-37(38-32)40-19-17-39(18-20-40)36(42)28-15-16-29-22-41(43-7)35-24(4)30(9-2)33(25(5)34(35)31(29)21-28)27-13-11-23(3)12-14-27/h11-16,21,26,32H,8-10,17-20,22H2,1-7H3. The van der Waals surface area contributed by atoms with E-state index in [0.717, 1.165) is 51.1 Å². The van der Waals surface area contributed by atoms with Crippen LogP contribution >= 0.6 is 23.7 Å². The lowest BCUT2D eigenvalue weighted by atomic mass is 9.80. The van der Waals surface area contributed by atoms with Gasteiger partial charge >= 0.3 is 0 Å². The van der Waals surface area contributed by atoms with Crippen LogP contribution in [0.2, 0.25) is 0 Å². The Morgan fingerprint density at radius 2 is 1.70 bits per heavy atom. The Morgan fingerprint density at radius 3 is 2.36 bits per heavy atom. The fourth-order valence-corrected chi connectivity index (χ4v) is 9.16. The number of amides is 1. The van der Waals surface area contributed by atoms with E-state index in [2.05, 4.69) is 99.5 Å². The molecule has 7 heteroatoms. The third kappa shape index (κ3) is 5.55. The molecule has 0 bridgehead atoms. The van der Waals surface area contributed by atoms with E-state index < -0.39 is 0 Å². The third-order valence-corrected chi connectivity index (χ3v) is 11.7. The van der Waals surface area contributed by atoms with Crippen molar-refractivity contribution < 1.29 is 4.79 Å². The van der Waals surface area contributed by atoms with Crippen LogP contribution in [0.3, 0.4) is 0 Å². The van der Waals surface area contributed by atoms with Crippen molar-refractivity contribution in [2.45, 2.75) is 78.6 Å². The van der Waals surface area contributed by atoms with Crippen LogP contribution in [0, 0.1) is 20.8 Å². The first-order valence-corrected chi connectivity index (χ1v) is 18.3. The molecule has 0 aliphatic carbocycles. The number of nitrogens with zero attached hydrogens (tertiary/aromatic N) is 4. The molecule has 44 heavy (non-hydrogen) atoms. The molecule has 232 valence electrons. The zero-order chi connectivity index (χ0) is 31.1. The molecule has 3 aliphatic rings. The second kappa shape index (κ2) is 12.8. The van der Waals surface area contributed by atoms with Gasteiger partial charge in [0.15, 0.2) is 5.17 Å². The first-order chi connectivity index (χ1) is 21.2. The highest BCUT2D eigenvalue weighted by Crippen LogP contribution is 2.50. The Balaban J connectivity index is 1.32. The molecule has 3 aliphatic heterocycles. The lowest BCUT2D eigenvalue weighted by molar-refractivity contribution is 0.0693. The van der Waals surface area contributed by atoms with Crippen molar-refractivity contribution in [3.8, 4) is 22.3 Å². The van der Waals surface area contributed by atoms with Crippen LogP contribution in [0.5, 0.6) is 0 Å². The highest BCUT2D eigenvalue weighted by Gasteiger charge is 2.33. The Morgan fingerprint density at radius 1 is 0.977 bits per heavy atom. The number of piperazine rings is 1. The van der Waals surface area contributed by atoms with E-state index in [1.54, 1.807) is 11.9 Å². The Bertz CT molecular complexity index is 1590. The summed E-state index contributed by atoms with van der Waals surface area (Å²) in [7, 11) is 0. The number of hydrogen-bond donors (Lipinski definition) is 0. The van der Waals surface area contributed by atoms with Gasteiger partial charge in [-0.05, 0) is 84.7 Å². The van der Waals surface area contributed by atoms with Crippen LogP contribution in [-0.4, -0.2) is 64.6 Å². The third-order valence-electron chi connectivity index (χ3n) is 9.73. The summed E-state index contributed by atoms with van der Waals surface area (Å²) in [5, 5.41) is 1.71. The van der Waals surface area contributed by atoms with E-state index in [-0.39, 0.29) is 5.91 Å². The van der Waals surface area contributed by atoms with Gasteiger partial charge in [-0.3, -0.25) is 9.79 Å². The minimum atomic E-state index is 0.137. The van der Waals surface area contributed by atoms with Crippen molar-refractivity contribution in [2.75, 3.05) is 36.7 Å². The second-order valence-electron chi connectivity index (χ2n) is 12.5. The van der Waals surface area contributed by atoms with Crippen LogP contribution in [-0.2, 0) is 13.0 Å². The topological polar surface area (TPSA) is 39.1 Å². The highest BCUT2D eigenvalue weighted by molar-refractivity contribution is 8.14. The van der Waals surface area contributed by atoms with Gasteiger partial charge in [0.25, 0.3) is 5.91 Å². The van der Waals surface area contributed by atoms with Gasteiger partial charge in [-0.25, -0.2) is 0 Å². The minimum absolute atomic E-state index is 0.137. The number of rotatable bonds is 6. The van der Waals surface area contributed by atoms with E-state index in [4.69, 9.17) is 4.99 Å². The van der Waals surface area contributed by atoms with Crippen LogP contribution in [0.1, 0.15) is 71.8 Å². The fraction of sp³-hybridized carbons (Fsp3) is 0.459. The highest BCUT2D eigenvalue weighted by atomic mass is 32.2. The smallest absolute Gasteiger partial charge is 0.253 e. The van der Waals surface area contributed by atoms with Crippen LogP contribution in [0.15, 0.2) is 47.5 Å². The first-order valence-electron chi connectivity index (χ1n) is 16.2. The predicted octanol–water partition coefficient (Wildman–Crippen LogP) is 8.52. The molecule has 6 rings (SSSR count). The van der Waals surface area contributed by atoms with E-state index in [0.29, 0.717) is 11.3 Å². The number of amidine groups is 1. The predicted molar refractivity (Wildman–Crippen MR) is 191 cm³/mol. The maximum absolute atomic E-state index is 14.0. The largest absolute Gasteiger partial charge is 0.348 e. The van der Waals surface area contributed by atoms with E-state index in [1.165, 1.54) is 67.3 Å². The molecule has 0 aromatic heterocycles. The summed E-state index contributed by atoms with van der Waals surface area (Å²) >= 11 is 3.70. The van der Waals surface area contributed by atoms with Crippen molar-refractivity contribution >= 4 is 40.5 Å². The average molecular weight is 627 g/mol. The van der Waals surface area contributed by atoms with Gasteiger partial charge in [-0.2, -0.15) is 0 Å². The molecule has 1 fully saturated rings. The van der Waals surface area contributed by atoms with Crippen LogP contribution in [0.25, 0.3) is 22.3 Å². The molecule has 1 saturated heterocycles. The number of fused-ring (bicyclic) bond motifs is 3. The van der Waals surface area contributed by atoms with Crippen molar-refractivity contribution in [2.24, 2.45) is 4.99 Å². The zero-order valence-corrected chi connectivity index (χ0v) is 29.0. The molecule has 3 aromatic rings. The molecular weight excluding hydrogens is 581 g/mol. The Kier molecular flexibility index (Phi) is 9.07. The van der Waals surface area contributed by atoms with Gasteiger partial charge in [0.1, 0.15) is 0 Å². The molecule has 2 unspecified atom stereocenters. The number of benzene rings is 3. The number of hydrogen-bond acceptors (Lipinski definition) is 6. The van der Waals surface area contributed by atoms with E-state index in [1.807, 2.05) is 16.7 Å². The molecule has 2 atom stereocenters. The molecule has 0 spiro atoms. The summed E-state index contributed by atoms with van der Waals surface area (Å²) in [5.41, 5.74) is 13.8. The number of thioether (sulfide) groups is 1. The fourth-order valence-electron chi connectivity index (χ4n) is 7.27. The summed E-state index contributed by atoms with van der Waals surface area (Å²) in [4.78, 5) is 23.5. The second-order valence-corrected chi connectivity index (χ2v) is 14.7.